The van der Waals surface area contributed by atoms with Crippen molar-refractivity contribution in [2.24, 2.45) is 22.7 Å². The molecular formula is C14H24O4. The molecule has 2 aliphatic carbocycles. The van der Waals surface area contributed by atoms with Gasteiger partial charge in [-0.05, 0) is 30.1 Å². The van der Waals surface area contributed by atoms with E-state index in [2.05, 4.69) is 20.8 Å². The van der Waals surface area contributed by atoms with E-state index < -0.39 is 6.10 Å². The maximum Gasteiger partial charge on any atom is 0.313 e. The van der Waals surface area contributed by atoms with Gasteiger partial charge in [0.15, 0.2) is 0 Å². The molecule has 0 amide bonds. The van der Waals surface area contributed by atoms with E-state index in [1.165, 1.54) is 6.42 Å². The first-order valence-electron chi connectivity index (χ1n) is 6.82. The molecule has 0 aromatic heterocycles. The second kappa shape index (κ2) is 4.49. The van der Waals surface area contributed by atoms with E-state index in [1.54, 1.807) is 0 Å². The van der Waals surface area contributed by atoms with Gasteiger partial charge in [0.05, 0.1) is 12.0 Å². The lowest BCUT2D eigenvalue weighted by Crippen LogP contribution is -2.32. The van der Waals surface area contributed by atoms with Crippen molar-refractivity contribution in [3.8, 4) is 0 Å². The first-order valence-corrected chi connectivity index (χ1v) is 6.82. The summed E-state index contributed by atoms with van der Waals surface area (Å²) in [7, 11) is 0. The fraction of sp³-hybridized carbons (Fsp3) is 0.929. The van der Waals surface area contributed by atoms with Crippen molar-refractivity contribution in [3.63, 3.8) is 0 Å². The maximum absolute atomic E-state index is 12.3. The predicted octanol–water partition coefficient (Wildman–Crippen LogP) is 1.35. The van der Waals surface area contributed by atoms with Gasteiger partial charge >= 0.3 is 5.97 Å². The minimum Gasteiger partial charge on any atom is -0.462 e. The van der Waals surface area contributed by atoms with Gasteiger partial charge in [-0.25, -0.2) is 0 Å². The first-order chi connectivity index (χ1) is 8.36. The zero-order valence-corrected chi connectivity index (χ0v) is 11.5. The second-order valence-corrected chi connectivity index (χ2v) is 6.57. The third-order valence-electron chi connectivity index (χ3n) is 5.13. The molecule has 2 saturated carbocycles. The Hall–Kier alpha value is -0.610. The average molecular weight is 256 g/mol. The van der Waals surface area contributed by atoms with E-state index in [1.807, 2.05) is 0 Å². The molecule has 0 spiro atoms. The number of rotatable bonds is 4. The predicted molar refractivity (Wildman–Crippen MR) is 66.8 cm³/mol. The molecule has 104 valence electrons. The Kier molecular flexibility index (Phi) is 3.45. The molecule has 0 saturated heterocycles. The molecule has 0 aromatic carbocycles. The first kappa shape index (κ1) is 13.8. The van der Waals surface area contributed by atoms with Crippen LogP contribution in [0.25, 0.3) is 0 Å². The van der Waals surface area contributed by atoms with Crippen molar-refractivity contribution in [2.75, 3.05) is 13.2 Å². The van der Waals surface area contributed by atoms with Crippen LogP contribution in [0.3, 0.4) is 0 Å². The lowest BCUT2D eigenvalue weighted by molar-refractivity contribution is -0.157. The molecular weight excluding hydrogens is 232 g/mol. The van der Waals surface area contributed by atoms with Gasteiger partial charge in [0.1, 0.15) is 12.7 Å². The smallest absolute Gasteiger partial charge is 0.313 e. The number of hydrogen-bond acceptors (Lipinski definition) is 4. The molecule has 2 aliphatic rings. The number of carbonyl (C=O) groups is 1. The van der Waals surface area contributed by atoms with Crippen molar-refractivity contribution < 1.29 is 19.7 Å². The van der Waals surface area contributed by atoms with E-state index >= 15 is 0 Å². The monoisotopic (exact) mass is 256 g/mol. The van der Waals surface area contributed by atoms with E-state index in [9.17, 15) is 9.90 Å². The van der Waals surface area contributed by atoms with Gasteiger partial charge in [0.2, 0.25) is 0 Å². The Labute approximate surface area is 108 Å². The Morgan fingerprint density at radius 3 is 2.72 bits per heavy atom. The zero-order chi connectivity index (χ0) is 13.6. The van der Waals surface area contributed by atoms with Gasteiger partial charge in [-0.1, -0.05) is 27.2 Å². The molecule has 4 atom stereocenters. The maximum atomic E-state index is 12.3. The van der Waals surface area contributed by atoms with Crippen LogP contribution in [0.5, 0.6) is 0 Å². The summed E-state index contributed by atoms with van der Waals surface area (Å²) in [6.45, 7) is 5.98. The van der Waals surface area contributed by atoms with E-state index in [4.69, 9.17) is 9.84 Å². The highest BCUT2D eigenvalue weighted by Crippen LogP contribution is 2.75. The van der Waals surface area contributed by atoms with Crippen LogP contribution >= 0.6 is 0 Å². The molecule has 4 heteroatoms. The van der Waals surface area contributed by atoms with Gasteiger partial charge in [-0.2, -0.15) is 0 Å². The summed E-state index contributed by atoms with van der Waals surface area (Å²) in [4.78, 5) is 12.3. The van der Waals surface area contributed by atoms with Crippen LogP contribution in [0.2, 0.25) is 0 Å². The number of ether oxygens (including phenoxy) is 1. The standard InChI is InChI=1S/C14H24O4/c1-9-4-5-11-13(2,3)14(11,6-9)12(17)18-8-10(16)7-15/h9-11,15-16H,4-8H2,1-3H3. The molecule has 0 aromatic rings. The Morgan fingerprint density at radius 2 is 2.11 bits per heavy atom. The summed E-state index contributed by atoms with van der Waals surface area (Å²) in [5, 5.41) is 18.0. The van der Waals surface area contributed by atoms with Crippen molar-refractivity contribution in [1.29, 1.82) is 0 Å². The minimum absolute atomic E-state index is 0.0129. The molecule has 2 rings (SSSR count). The van der Waals surface area contributed by atoms with E-state index in [0.29, 0.717) is 11.8 Å². The van der Waals surface area contributed by atoms with Crippen molar-refractivity contribution in [1.82, 2.24) is 0 Å². The molecule has 0 aliphatic heterocycles. The second-order valence-electron chi connectivity index (χ2n) is 6.57. The van der Waals surface area contributed by atoms with Crippen LogP contribution in [0.15, 0.2) is 0 Å². The highest BCUT2D eigenvalue weighted by molar-refractivity contribution is 5.83. The van der Waals surface area contributed by atoms with E-state index in [-0.39, 0.29) is 30.0 Å². The van der Waals surface area contributed by atoms with Gasteiger partial charge in [-0.15, -0.1) is 0 Å². The molecule has 2 fully saturated rings. The summed E-state index contributed by atoms with van der Waals surface area (Å²) in [6, 6.07) is 0. The fourth-order valence-electron chi connectivity index (χ4n) is 3.92. The third kappa shape index (κ3) is 1.86. The molecule has 2 N–H and O–H groups in total. The molecule has 0 heterocycles. The molecule has 4 nitrogen and oxygen atoms in total. The van der Waals surface area contributed by atoms with Gasteiger partial charge in [-0.3, -0.25) is 4.79 Å². The summed E-state index contributed by atoms with van der Waals surface area (Å²) in [5.74, 6) is 0.787. The number of fused-ring (bicyclic) bond motifs is 1. The topological polar surface area (TPSA) is 66.8 Å². The quantitative estimate of drug-likeness (QED) is 0.745. The van der Waals surface area contributed by atoms with Gasteiger partial charge < -0.3 is 14.9 Å². The molecule has 18 heavy (non-hydrogen) atoms. The Bertz CT molecular complexity index is 339. The summed E-state index contributed by atoms with van der Waals surface area (Å²) in [5.41, 5.74) is -0.334. The third-order valence-corrected chi connectivity index (χ3v) is 5.13. The summed E-state index contributed by atoms with van der Waals surface area (Å²) in [6.07, 6.45) is 2.19. The molecule has 4 unspecified atom stereocenters. The van der Waals surface area contributed by atoms with Crippen molar-refractivity contribution >= 4 is 5.97 Å². The number of esters is 1. The highest BCUT2D eigenvalue weighted by atomic mass is 16.5. The highest BCUT2D eigenvalue weighted by Gasteiger charge is 2.76. The van der Waals surface area contributed by atoms with Crippen LogP contribution in [0.4, 0.5) is 0 Å². The van der Waals surface area contributed by atoms with Crippen molar-refractivity contribution in [2.45, 2.75) is 46.1 Å². The Balaban J connectivity index is 2.04. The number of carbonyl (C=O) groups excluding carboxylic acids is 1. The molecule has 0 bridgehead atoms. The lowest BCUT2D eigenvalue weighted by Gasteiger charge is -2.26. The summed E-state index contributed by atoms with van der Waals surface area (Å²) < 4.78 is 5.21. The molecule has 0 radical (unpaired) electrons. The van der Waals surface area contributed by atoms with Gasteiger partial charge in [0.25, 0.3) is 0 Å². The zero-order valence-electron chi connectivity index (χ0n) is 11.5. The number of hydrogen-bond donors (Lipinski definition) is 2. The number of aliphatic hydroxyl groups is 2. The number of aliphatic hydroxyl groups excluding tert-OH is 2. The van der Waals surface area contributed by atoms with Gasteiger partial charge in [0, 0.05) is 0 Å². The van der Waals surface area contributed by atoms with Crippen LogP contribution in [-0.2, 0) is 9.53 Å². The van der Waals surface area contributed by atoms with Crippen molar-refractivity contribution in [3.05, 3.63) is 0 Å². The van der Waals surface area contributed by atoms with E-state index in [0.717, 1.165) is 12.8 Å². The lowest BCUT2D eigenvalue weighted by atomic mass is 9.80. The Morgan fingerprint density at radius 1 is 1.44 bits per heavy atom. The van der Waals surface area contributed by atoms with Crippen LogP contribution < -0.4 is 0 Å². The minimum atomic E-state index is -0.966. The van der Waals surface area contributed by atoms with Crippen LogP contribution in [0, 0.1) is 22.7 Å². The fourth-order valence-corrected chi connectivity index (χ4v) is 3.92. The SMILES string of the molecule is CC1CCC2C(C)(C)C2(C(=O)OCC(O)CO)C1. The average Bonchev–Trinajstić information content (AvgIpc) is 2.83. The normalized spacial score (nSPS) is 38.7. The largest absolute Gasteiger partial charge is 0.462 e. The summed E-state index contributed by atoms with van der Waals surface area (Å²) >= 11 is 0. The van der Waals surface area contributed by atoms with Crippen LogP contribution in [-0.4, -0.2) is 35.5 Å². The van der Waals surface area contributed by atoms with Crippen LogP contribution in [0.1, 0.15) is 40.0 Å².